The first-order valence-electron chi connectivity index (χ1n) is 4.79. The van der Waals surface area contributed by atoms with Gasteiger partial charge in [0.05, 0.1) is 25.3 Å². The molecule has 0 saturated heterocycles. The van der Waals surface area contributed by atoms with Gasteiger partial charge in [0.2, 0.25) is 0 Å². The summed E-state index contributed by atoms with van der Waals surface area (Å²) in [6, 6.07) is 3.38. The maximum absolute atomic E-state index is 11.5. The maximum Gasteiger partial charge on any atom is 0.338 e. The third-order valence-electron chi connectivity index (χ3n) is 2.36. The highest BCUT2D eigenvalue weighted by Crippen LogP contribution is 2.18. The van der Waals surface area contributed by atoms with Crippen molar-refractivity contribution in [2.24, 2.45) is 0 Å². The molecular weight excluding hydrogens is 208 g/mol. The number of esters is 2. The predicted octanol–water partition coefficient (Wildman–Crippen LogP) is 1.88. The Hall–Kier alpha value is -1.84. The fourth-order valence-corrected chi connectivity index (χ4v) is 1.50. The van der Waals surface area contributed by atoms with Crippen molar-refractivity contribution in [1.29, 1.82) is 0 Å². The van der Waals surface area contributed by atoms with E-state index in [-0.39, 0.29) is 0 Å². The lowest BCUT2D eigenvalue weighted by Gasteiger charge is -2.09. The van der Waals surface area contributed by atoms with Crippen LogP contribution in [0.5, 0.6) is 0 Å². The molecule has 0 heterocycles. The number of carbonyl (C=O) groups excluding carboxylic acids is 2. The zero-order valence-electron chi connectivity index (χ0n) is 9.79. The second-order valence-corrected chi connectivity index (χ2v) is 3.47. The number of ether oxygens (including phenoxy) is 2. The fourth-order valence-electron chi connectivity index (χ4n) is 1.50. The molecule has 86 valence electrons. The van der Waals surface area contributed by atoms with Crippen LogP contribution in [0.2, 0.25) is 0 Å². The molecule has 0 radical (unpaired) electrons. The molecule has 4 heteroatoms. The second kappa shape index (κ2) is 4.79. The molecule has 4 nitrogen and oxygen atoms in total. The van der Waals surface area contributed by atoms with E-state index < -0.39 is 11.9 Å². The number of methoxy groups -OCH3 is 2. The van der Waals surface area contributed by atoms with Crippen LogP contribution in [0.3, 0.4) is 0 Å². The van der Waals surface area contributed by atoms with Crippen molar-refractivity contribution in [3.63, 3.8) is 0 Å². The Morgan fingerprint density at radius 3 is 1.62 bits per heavy atom. The van der Waals surface area contributed by atoms with E-state index in [1.165, 1.54) is 14.2 Å². The number of benzene rings is 1. The molecule has 1 aromatic rings. The number of carbonyl (C=O) groups is 2. The van der Waals surface area contributed by atoms with Crippen LogP contribution in [0, 0.1) is 13.8 Å². The van der Waals surface area contributed by atoms with E-state index in [0.717, 1.165) is 5.56 Å². The van der Waals surface area contributed by atoms with E-state index in [4.69, 9.17) is 0 Å². The van der Waals surface area contributed by atoms with Gasteiger partial charge in [0.1, 0.15) is 0 Å². The van der Waals surface area contributed by atoms with Gasteiger partial charge in [-0.25, -0.2) is 9.59 Å². The van der Waals surface area contributed by atoms with Crippen molar-refractivity contribution in [2.75, 3.05) is 14.2 Å². The van der Waals surface area contributed by atoms with Crippen LogP contribution < -0.4 is 0 Å². The van der Waals surface area contributed by atoms with Crippen LogP contribution in [-0.4, -0.2) is 26.2 Å². The molecule has 0 N–H and O–H groups in total. The lowest BCUT2D eigenvalue weighted by Crippen LogP contribution is -2.11. The predicted molar refractivity (Wildman–Crippen MR) is 58.6 cm³/mol. The Morgan fingerprint density at radius 2 is 1.31 bits per heavy atom. The smallest absolute Gasteiger partial charge is 0.338 e. The van der Waals surface area contributed by atoms with Crippen LogP contribution in [0.1, 0.15) is 31.8 Å². The standard InChI is InChI=1S/C12H14O4/c1-7-5-9(11(13)15-3)8(2)10(6-7)12(14)16-4/h5-6H,1-4H3. The van der Waals surface area contributed by atoms with E-state index in [1.807, 2.05) is 0 Å². The Bertz CT molecular complexity index is 398. The lowest BCUT2D eigenvalue weighted by atomic mass is 9.99. The summed E-state index contributed by atoms with van der Waals surface area (Å²) >= 11 is 0. The molecule has 0 atom stereocenters. The maximum atomic E-state index is 11.5. The van der Waals surface area contributed by atoms with Gasteiger partial charge in [0, 0.05) is 0 Å². The van der Waals surface area contributed by atoms with Crippen molar-refractivity contribution in [3.05, 3.63) is 34.4 Å². The first kappa shape index (κ1) is 12.2. The summed E-state index contributed by atoms with van der Waals surface area (Å²) in [7, 11) is 2.61. The average molecular weight is 222 g/mol. The Balaban J connectivity index is 3.37. The van der Waals surface area contributed by atoms with Crippen LogP contribution in [0.15, 0.2) is 12.1 Å². The molecule has 0 saturated carbocycles. The van der Waals surface area contributed by atoms with Gasteiger partial charge in [0.25, 0.3) is 0 Å². The normalized spacial score (nSPS) is 9.75. The quantitative estimate of drug-likeness (QED) is 0.717. The van der Waals surface area contributed by atoms with Gasteiger partial charge in [-0.15, -0.1) is 0 Å². The summed E-state index contributed by atoms with van der Waals surface area (Å²) in [5.41, 5.74) is 2.17. The molecule has 0 aromatic heterocycles. The molecule has 0 bridgehead atoms. The van der Waals surface area contributed by atoms with E-state index in [0.29, 0.717) is 16.7 Å². The monoisotopic (exact) mass is 222 g/mol. The average Bonchev–Trinajstić information content (AvgIpc) is 2.29. The number of aryl methyl sites for hydroxylation is 1. The van der Waals surface area contributed by atoms with Crippen molar-refractivity contribution >= 4 is 11.9 Å². The molecular formula is C12H14O4. The van der Waals surface area contributed by atoms with Crippen LogP contribution in [0.25, 0.3) is 0 Å². The molecule has 0 fully saturated rings. The molecule has 16 heavy (non-hydrogen) atoms. The fraction of sp³-hybridized carbons (Fsp3) is 0.333. The summed E-state index contributed by atoms with van der Waals surface area (Å²) in [6.45, 7) is 3.50. The largest absolute Gasteiger partial charge is 0.465 e. The van der Waals surface area contributed by atoms with Gasteiger partial charge in [-0.1, -0.05) is 0 Å². The van der Waals surface area contributed by atoms with Crippen LogP contribution in [0.4, 0.5) is 0 Å². The van der Waals surface area contributed by atoms with Gasteiger partial charge < -0.3 is 9.47 Å². The first-order valence-corrected chi connectivity index (χ1v) is 4.79. The highest BCUT2D eigenvalue weighted by atomic mass is 16.5. The summed E-state index contributed by atoms with van der Waals surface area (Å²) < 4.78 is 9.30. The SMILES string of the molecule is COC(=O)c1cc(C)cc(C(=O)OC)c1C. The van der Waals surface area contributed by atoms with Crippen molar-refractivity contribution in [1.82, 2.24) is 0 Å². The first-order chi connectivity index (χ1) is 7.51. The number of hydrogen-bond acceptors (Lipinski definition) is 4. The third kappa shape index (κ3) is 2.21. The van der Waals surface area contributed by atoms with Crippen molar-refractivity contribution in [3.8, 4) is 0 Å². The molecule has 0 amide bonds. The van der Waals surface area contributed by atoms with Gasteiger partial charge in [-0.2, -0.15) is 0 Å². The minimum Gasteiger partial charge on any atom is -0.465 e. The molecule has 0 unspecified atom stereocenters. The van der Waals surface area contributed by atoms with E-state index in [1.54, 1.807) is 26.0 Å². The summed E-state index contributed by atoms with van der Waals surface area (Å²) in [5.74, 6) is -0.905. The zero-order valence-corrected chi connectivity index (χ0v) is 9.79. The zero-order chi connectivity index (χ0) is 12.3. The van der Waals surface area contributed by atoms with Gasteiger partial charge in [0.15, 0.2) is 0 Å². The molecule has 1 rings (SSSR count). The summed E-state index contributed by atoms with van der Waals surface area (Å²) in [5, 5.41) is 0. The number of hydrogen-bond donors (Lipinski definition) is 0. The van der Waals surface area contributed by atoms with Gasteiger partial charge >= 0.3 is 11.9 Å². The van der Waals surface area contributed by atoms with Crippen LogP contribution >= 0.6 is 0 Å². The Labute approximate surface area is 94.2 Å². The summed E-state index contributed by atoms with van der Waals surface area (Å²) in [4.78, 5) is 23.0. The molecule has 1 aromatic carbocycles. The van der Waals surface area contributed by atoms with E-state index in [2.05, 4.69) is 9.47 Å². The summed E-state index contributed by atoms with van der Waals surface area (Å²) in [6.07, 6.45) is 0. The minimum atomic E-state index is -0.452. The third-order valence-corrected chi connectivity index (χ3v) is 2.36. The molecule has 0 aliphatic heterocycles. The topological polar surface area (TPSA) is 52.6 Å². The Morgan fingerprint density at radius 1 is 0.938 bits per heavy atom. The molecule has 0 spiro atoms. The minimum absolute atomic E-state index is 0.392. The Kier molecular flexibility index (Phi) is 3.66. The van der Waals surface area contributed by atoms with E-state index >= 15 is 0 Å². The highest BCUT2D eigenvalue weighted by molar-refractivity contribution is 5.98. The van der Waals surface area contributed by atoms with Gasteiger partial charge in [-0.05, 0) is 37.1 Å². The lowest BCUT2D eigenvalue weighted by molar-refractivity contribution is 0.0597. The van der Waals surface area contributed by atoms with E-state index in [9.17, 15) is 9.59 Å². The van der Waals surface area contributed by atoms with Crippen molar-refractivity contribution in [2.45, 2.75) is 13.8 Å². The highest BCUT2D eigenvalue weighted by Gasteiger charge is 2.17. The molecule has 0 aliphatic carbocycles. The number of rotatable bonds is 2. The molecule has 0 aliphatic rings. The van der Waals surface area contributed by atoms with Crippen molar-refractivity contribution < 1.29 is 19.1 Å². The van der Waals surface area contributed by atoms with Gasteiger partial charge in [-0.3, -0.25) is 0 Å². The van der Waals surface area contributed by atoms with Crippen LogP contribution in [-0.2, 0) is 9.47 Å². The second-order valence-electron chi connectivity index (χ2n) is 3.47.